The Morgan fingerprint density at radius 3 is 2.62 bits per heavy atom. The first-order valence-electron chi connectivity index (χ1n) is 14.4. The van der Waals surface area contributed by atoms with Gasteiger partial charge in [0.1, 0.15) is 23.9 Å². The third-order valence-electron chi connectivity index (χ3n) is 8.06. The third-order valence-corrected chi connectivity index (χ3v) is 8.06. The molecule has 1 atom stereocenters. The fraction of sp³-hybridized carbons (Fsp3) is 0.258. The van der Waals surface area contributed by atoms with E-state index in [0.29, 0.717) is 48.2 Å². The summed E-state index contributed by atoms with van der Waals surface area (Å²) in [6.45, 7) is -1.98. The lowest BCUT2D eigenvalue weighted by atomic mass is 9.85. The topological polar surface area (TPSA) is 141 Å². The van der Waals surface area contributed by atoms with Crippen molar-refractivity contribution in [1.82, 2.24) is 44.6 Å². The molecule has 0 aliphatic carbocycles. The number of imidazole rings is 1. The van der Waals surface area contributed by atoms with Crippen LogP contribution in [0.3, 0.4) is 0 Å². The molecule has 0 bridgehead atoms. The van der Waals surface area contributed by atoms with Gasteiger partial charge in [0.05, 0.1) is 18.2 Å². The number of rotatable bonds is 8. The average Bonchev–Trinajstić information content (AvgIpc) is 3.85. The Kier molecular flexibility index (Phi) is 7.55. The monoisotopic (exact) mass is 611 g/mol. The normalized spacial score (nSPS) is 14.8. The van der Waals surface area contributed by atoms with Crippen LogP contribution in [-0.4, -0.2) is 68.7 Å². The van der Waals surface area contributed by atoms with Crippen LogP contribution in [0.4, 0.5) is 8.78 Å². The van der Waals surface area contributed by atoms with Crippen LogP contribution < -0.4 is 0 Å². The molecule has 1 saturated heterocycles. The third kappa shape index (κ3) is 5.55. The molecule has 45 heavy (non-hydrogen) atoms. The van der Waals surface area contributed by atoms with Gasteiger partial charge in [-0.05, 0) is 59.9 Å². The summed E-state index contributed by atoms with van der Waals surface area (Å²) in [5.41, 5.74) is 3.61. The molecule has 1 fully saturated rings. The number of carbonyl (C=O) groups is 1. The minimum atomic E-state index is -2.72. The van der Waals surface area contributed by atoms with E-state index < -0.39 is 6.55 Å². The summed E-state index contributed by atoms with van der Waals surface area (Å²) < 4.78 is 33.5. The van der Waals surface area contributed by atoms with Crippen LogP contribution >= 0.6 is 0 Å². The number of aliphatic hydroxyl groups is 1. The number of amides is 1. The van der Waals surface area contributed by atoms with Crippen LogP contribution in [0.25, 0.3) is 33.8 Å². The summed E-state index contributed by atoms with van der Waals surface area (Å²) in [5, 5.41) is 22.0. The number of aliphatic hydroxyl groups excluding tert-OH is 1. The number of tetrazole rings is 1. The van der Waals surface area contributed by atoms with E-state index in [2.05, 4.69) is 30.4 Å². The first-order valence-corrected chi connectivity index (χ1v) is 14.4. The summed E-state index contributed by atoms with van der Waals surface area (Å²) in [6, 6.07) is 18.1. The maximum atomic E-state index is 13.6. The molecule has 1 amide bonds. The van der Waals surface area contributed by atoms with Crippen molar-refractivity contribution in [3.8, 4) is 22.7 Å². The SMILES string of the molecule is O=C(c1cc(-c2nc3cc(-c4cncn4C(F)F)ccc3o2)ccn1)N1CCC([C@@H](c2ccccc2)n2nnc(CO)n2)CC1. The summed E-state index contributed by atoms with van der Waals surface area (Å²) in [6.07, 6.45) is 5.41. The van der Waals surface area contributed by atoms with Crippen molar-refractivity contribution < 1.29 is 23.1 Å². The number of hydrogen-bond donors (Lipinski definition) is 1. The molecule has 12 nitrogen and oxygen atoms in total. The van der Waals surface area contributed by atoms with Gasteiger partial charge >= 0.3 is 6.55 Å². The van der Waals surface area contributed by atoms with E-state index in [1.807, 2.05) is 30.3 Å². The first-order chi connectivity index (χ1) is 22.0. The maximum absolute atomic E-state index is 13.6. The number of benzene rings is 2. The van der Waals surface area contributed by atoms with Crippen LogP contribution in [0.15, 0.2) is 83.8 Å². The Morgan fingerprint density at radius 1 is 1.04 bits per heavy atom. The molecule has 0 radical (unpaired) electrons. The highest BCUT2D eigenvalue weighted by Crippen LogP contribution is 2.34. The van der Waals surface area contributed by atoms with Crippen molar-refractivity contribution in [2.24, 2.45) is 5.92 Å². The zero-order valence-corrected chi connectivity index (χ0v) is 23.8. The van der Waals surface area contributed by atoms with Gasteiger partial charge in [-0.3, -0.25) is 14.3 Å². The second-order valence-corrected chi connectivity index (χ2v) is 10.8. The molecule has 1 aliphatic heterocycles. The van der Waals surface area contributed by atoms with Crippen LogP contribution in [0, 0.1) is 5.92 Å². The smallest absolute Gasteiger partial charge is 0.320 e. The van der Waals surface area contributed by atoms with Crippen molar-refractivity contribution >= 4 is 17.0 Å². The van der Waals surface area contributed by atoms with Crippen molar-refractivity contribution in [2.75, 3.05) is 13.1 Å². The van der Waals surface area contributed by atoms with Crippen molar-refractivity contribution in [2.45, 2.75) is 32.0 Å². The Bertz CT molecular complexity index is 1950. The van der Waals surface area contributed by atoms with Crippen molar-refractivity contribution in [3.63, 3.8) is 0 Å². The van der Waals surface area contributed by atoms with Gasteiger partial charge in [0.15, 0.2) is 11.4 Å². The summed E-state index contributed by atoms with van der Waals surface area (Å²) >= 11 is 0. The number of oxazole rings is 1. The van der Waals surface area contributed by atoms with Crippen molar-refractivity contribution in [1.29, 1.82) is 0 Å². The van der Waals surface area contributed by atoms with E-state index in [9.17, 15) is 18.7 Å². The van der Waals surface area contributed by atoms with Crippen molar-refractivity contribution in [3.05, 3.63) is 96.5 Å². The van der Waals surface area contributed by atoms with Gasteiger partial charge in [-0.1, -0.05) is 30.3 Å². The molecular formula is C31H27F2N9O3. The standard InChI is InChI=1S/C31H27F2N9O3/c32-31(33)41-18-34-16-25(41)21-6-7-26-23(14-21)36-29(45-26)22-8-11-35-24(15-22)30(44)40-12-9-20(10-13-40)28(19-4-2-1-3-5-19)42-38-27(17-43)37-39-42/h1-8,11,14-16,18,20,28,31,43H,9-10,12-13,17H2/t28-/m1/s1. The highest BCUT2D eigenvalue weighted by molar-refractivity contribution is 5.93. The lowest BCUT2D eigenvalue weighted by molar-refractivity contribution is 0.0657. The van der Waals surface area contributed by atoms with E-state index in [0.717, 1.165) is 16.5 Å². The number of hydrogen-bond acceptors (Lipinski definition) is 9. The quantitative estimate of drug-likeness (QED) is 0.258. The minimum absolute atomic E-state index is 0.139. The molecule has 1 N–H and O–H groups in total. The number of piperidine rings is 1. The lowest BCUT2D eigenvalue weighted by Crippen LogP contribution is -2.41. The highest BCUT2D eigenvalue weighted by atomic mass is 19.3. The van der Waals surface area contributed by atoms with Gasteiger partial charge in [-0.25, -0.2) is 9.97 Å². The van der Waals surface area contributed by atoms with Gasteiger partial charge < -0.3 is 14.4 Å². The molecule has 2 aromatic carbocycles. The lowest BCUT2D eigenvalue weighted by Gasteiger charge is -2.35. The zero-order chi connectivity index (χ0) is 30.9. The second kappa shape index (κ2) is 12.0. The molecular weight excluding hydrogens is 584 g/mol. The number of aromatic nitrogens is 8. The van der Waals surface area contributed by atoms with Crippen LogP contribution in [0.2, 0.25) is 0 Å². The number of carbonyl (C=O) groups excluding carboxylic acids is 1. The number of fused-ring (bicyclic) bond motifs is 1. The zero-order valence-electron chi connectivity index (χ0n) is 23.8. The van der Waals surface area contributed by atoms with Crippen LogP contribution in [0.5, 0.6) is 0 Å². The van der Waals surface area contributed by atoms with Crippen LogP contribution in [0.1, 0.15) is 47.3 Å². The molecule has 5 heterocycles. The fourth-order valence-corrected chi connectivity index (χ4v) is 5.84. The first kappa shape index (κ1) is 28.4. The molecule has 0 unspecified atom stereocenters. The number of pyridine rings is 1. The summed E-state index contributed by atoms with van der Waals surface area (Å²) in [4.78, 5) is 29.6. The molecule has 4 aromatic heterocycles. The molecule has 0 spiro atoms. The molecule has 6 aromatic rings. The minimum Gasteiger partial charge on any atom is -0.436 e. The molecule has 1 aliphatic rings. The second-order valence-electron chi connectivity index (χ2n) is 10.8. The summed E-state index contributed by atoms with van der Waals surface area (Å²) in [5.74, 6) is 0.480. The predicted octanol–water partition coefficient (Wildman–Crippen LogP) is 4.77. The van der Waals surface area contributed by atoms with Crippen LogP contribution in [-0.2, 0) is 6.61 Å². The Balaban J connectivity index is 1.08. The molecule has 7 rings (SSSR count). The molecule has 228 valence electrons. The van der Waals surface area contributed by atoms with Gasteiger partial charge in [-0.2, -0.15) is 13.6 Å². The highest BCUT2D eigenvalue weighted by Gasteiger charge is 2.33. The molecule has 0 saturated carbocycles. The Labute approximate surface area is 255 Å². The number of nitrogens with zero attached hydrogens (tertiary/aromatic N) is 9. The summed E-state index contributed by atoms with van der Waals surface area (Å²) in [7, 11) is 0. The Hall–Kier alpha value is -5.37. The largest absolute Gasteiger partial charge is 0.436 e. The van der Waals surface area contributed by atoms with E-state index >= 15 is 0 Å². The number of likely N-dealkylation sites (tertiary alicyclic amines) is 1. The van der Waals surface area contributed by atoms with E-state index in [1.165, 1.54) is 12.4 Å². The fourth-order valence-electron chi connectivity index (χ4n) is 5.84. The molecule has 14 heteroatoms. The van der Waals surface area contributed by atoms with Gasteiger partial charge in [0, 0.05) is 30.4 Å². The number of alkyl halides is 2. The predicted molar refractivity (Wildman–Crippen MR) is 157 cm³/mol. The van der Waals surface area contributed by atoms with Gasteiger partial charge in [0.25, 0.3) is 5.91 Å². The Morgan fingerprint density at radius 2 is 1.87 bits per heavy atom. The van der Waals surface area contributed by atoms with Gasteiger partial charge in [0.2, 0.25) is 5.89 Å². The maximum Gasteiger partial charge on any atom is 0.320 e. The van der Waals surface area contributed by atoms with E-state index in [4.69, 9.17) is 4.42 Å². The van der Waals surface area contributed by atoms with E-state index in [1.54, 1.807) is 40.0 Å². The number of halogens is 2. The van der Waals surface area contributed by atoms with Gasteiger partial charge in [-0.15, -0.1) is 10.2 Å². The average molecular weight is 612 g/mol. The van der Waals surface area contributed by atoms with E-state index in [-0.39, 0.29) is 47.6 Å².